The highest BCUT2D eigenvalue weighted by atomic mass is 16.5. The molecule has 1 atom stereocenters. The molecule has 0 spiro atoms. The number of anilines is 1. The summed E-state index contributed by atoms with van der Waals surface area (Å²) < 4.78 is 6.49. The van der Waals surface area contributed by atoms with E-state index < -0.39 is 0 Å². The van der Waals surface area contributed by atoms with Gasteiger partial charge in [0.1, 0.15) is 6.61 Å². The molecule has 1 saturated heterocycles. The van der Waals surface area contributed by atoms with Gasteiger partial charge >= 0.3 is 5.97 Å². The van der Waals surface area contributed by atoms with Gasteiger partial charge in [0.25, 0.3) is 5.56 Å². The van der Waals surface area contributed by atoms with E-state index in [4.69, 9.17) is 4.74 Å². The van der Waals surface area contributed by atoms with Crippen LogP contribution < -0.4 is 16.2 Å². The number of aromatic nitrogens is 2. The van der Waals surface area contributed by atoms with Crippen molar-refractivity contribution in [2.75, 3.05) is 25.0 Å². The number of nitrogens with zero attached hydrogens (tertiary/aromatic N) is 2. The van der Waals surface area contributed by atoms with Crippen molar-refractivity contribution in [1.29, 1.82) is 0 Å². The van der Waals surface area contributed by atoms with E-state index >= 15 is 0 Å². The van der Waals surface area contributed by atoms with Crippen LogP contribution in [0, 0.1) is 6.92 Å². The van der Waals surface area contributed by atoms with Gasteiger partial charge in [-0.15, -0.1) is 0 Å². The molecule has 7 heteroatoms. The number of rotatable bonds is 7. The molecule has 0 aromatic carbocycles. The third-order valence-electron chi connectivity index (χ3n) is 4.07. The average molecular weight is 322 g/mol. The highest BCUT2D eigenvalue weighted by Crippen LogP contribution is 2.10. The van der Waals surface area contributed by atoms with Crippen LogP contribution in [0.25, 0.3) is 0 Å². The first-order chi connectivity index (χ1) is 11.1. The van der Waals surface area contributed by atoms with Crippen molar-refractivity contribution in [3.63, 3.8) is 0 Å². The van der Waals surface area contributed by atoms with Crippen molar-refractivity contribution >= 4 is 11.8 Å². The fraction of sp³-hybridized carbons (Fsp3) is 0.688. The van der Waals surface area contributed by atoms with Crippen molar-refractivity contribution in [3.8, 4) is 0 Å². The Kier molecular flexibility index (Phi) is 6.58. The average Bonchev–Trinajstić information content (AvgIpc) is 2.53. The number of hydrogen-bond acceptors (Lipinski definition) is 6. The summed E-state index contributed by atoms with van der Waals surface area (Å²) in [4.78, 5) is 27.4. The smallest absolute Gasteiger partial charge is 0.302 e. The van der Waals surface area contributed by atoms with Crippen LogP contribution >= 0.6 is 0 Å². The lowest BCUT2D eigenvalue weighted by Gasteiger charge is -2.23. The third-order valence-corrected chi connectivity index (χ3v) is 4.07. The Morgan fingerprint density at radius 2 is 2.35 bits per heavy atom. The van der Waals surface area contributed by atoms with Crippen LogP contribution in [0.4, 0.5) is 5.82 Å². The minimum absolute atomic E-state index is 0.172. The Labute approximate surface area is 136 Å². The van der Waals surface area contributed by atoms with Gasteiger partial charge in [0, 0.05) is 31.4 Å². The number of hydrogen-bond donors (Lipinski definition) is 2. The summed E-state index contributed by atoms with van der Waals surface area (Å²) in [6.07, 6.45) is 6.34. The van der Waals surface area contributed by atoms with Crippen LogP contribution in [-0.2, 0) is 16.1 Å². The van der Waals surface area contributed by atoms with Crippen LogP contribution in [0.2, 0.25) is 0 Å². The van der Waals surface area contributed by atoms with E-state index in [1.807, 2.05) is 6.92 Å². The number of esters is 1. The minimum Gasteiger partial charge on any atom is -0.464 e. The lowest BCUT2D eigenvalue weighted by atomic mass is 10.0. The van der Waals surface area contributed by atoms with Crippen LogP contribution in [0.1, 0.15) is 38.3 Å². The number of aryl methyl sites for hydroxylation is 1. The summed E-state index contributed by atoms with van der Waals surface area (Å²) >= 11 is 0. The summed E-state index contributed by atoms with van der Waals surface area (Å²) in [6, 6.07) is 0.521. The molecule has 7 nitrogen and oxygen atoms in total. The zero-order valence-corrected chi connectivity index (χ0v) is 13.9. The molecule has 2 heterocycles. The van der Waals surface area contributed by atoms with Gasteiger partial charge < -0.3 is 19.9 Å². The number of nitrogens with one attached hydrogen (secondary N) is 2. The molecule has 0 saturated carbocycles. The summed E-state index contributed by atoms with van der Waals surface area (Å²) in [7, 11) is 0. The molecule has 1 unspecified atom stereocenters. The van der Waals surface area contributed by atoms with E-state index in [0.29, 0.717) is 24.9 Å². The highest BCUT2D eigenvalue weighted by molar-refractivity contribution is 5.65. The van der Waals surface area contributed by atoms with Crippen molar-refractivity contribution in [1.82, 2.24) is 14.9 Å². The van der Waals surface area contributed by atoms with E-state index in [-0.39, 0.29) is 18.1 Å². The fourth-order valence-corrected chi connectivity index (χ4v) is 2.79. The van der Waals surface area contributed by atoms with E-state index in [0.717, 1.165) is 18.7 Å². The maximum absolute atomic E-state index is 12.4. The molecule has 0 amide bonds. The van der Waals surface area contributed by atoms with E-state index in [1.54, 1.807) is 10.8 Å². The molecule has 0 radical (unpaired) electrons. The molecule has 1 aliphatic heterocycles. The van der Waals surface area contributed by atoms with Crippen LogP contribution in [0.15, 0.2) is 11.0 Å². The Hall–Kier alpha value is -1.89. The quantitative estimate of drug-likeness (QED) is 0.730. The van der Waals surface area contributed by atoms with E-state index in [9.17, 15) is 9.59 Å². The molecule has 1 aromatic rings. The molecule has 1 fully saturated rings. The Balaban J connectivity index is 1.90. The lowest BCUT2D eigenvalue weighted by Crippen LogP contribution is -2.36. The largest absolute Gasteiger partial charge is 0.464 e. The predicted molar refractivity (Wildman–Crippen MR) is 88.6 cm³/mol. The molecule has 23 heavy (non-hydrogen) atoms. The molecular formula is C16H26N4O3. The number of carbonyl (C=O) groups is 1. The van der Waals surface area contributed by atoms with Gasteiger partial charge in [-0.1, -0.05) is 6.42 Å². The summed E-state index contributed by atoms with van der Waals surface area (Å²) in [5.41, 5.74) is 0.579. The third kappa shape index (κ3) is 5.35. The van der Waals surface area contributed by atoms with Crippen LogP contribution in [0.3, 0.4) is 0 Å². The standard InChI is InChI=1S/C16H26N4O3/c1-12-11-19-15(16(22)20(12)9-10-23-13(2)21)18-8-6-14-5-3-4-7-17-14/h11,14,17H,3-10H2,1-2H3,(H,18,19). The second-order valence-electron chi connectivity index (χ2n) is 5.91. The fourth-order valence-electron chi connectivity index (χ4n) is 2.79. The summed E-state index contributed by atoms with van der Waals surface area (Å²) in [6.45, 7) is 5.49. The monoisotopic (exact) mass is 322 g/mol. The molecule has 1 aromatic heterocycles. The molecule has 0 bridgehead atoms. The van der Waals surface area contributed by atoms with Crippen molar-refractivity contribution in [3.05, 3.63) is 22.2 Å². The highest BCUT2D eigenvalue weighted by Gasteiger charge is 2.13. The maximum atomic E-state index is 12.4. The zero-order chi connectivity index (χ0) is 16.7. The van der Waals surface area contributed by atoms with Gasteiger partial charge in [0.05, 0.1) is 6.54 Å². The second kappa shape index (κ2) is 8.67. The van der Waals surface area contributed by atoms with Crippen molar-refractivity contribution < 1.29 is 9.53 Å². The topological polar surface area (TPSA) is 85.2 Å². The van der Waals surface area contributed by atoms with Gasteiger partial charge in [-0.05, 0) is 32.7 Å². The first kappa shape index (κ1) is 17.5. The van der Waals surface area contributed by atoms with Crippen LogP contribution in [-0.4, -0.2) is 41.3 Å². The van der Waals surface area contributed by atoms with Gasteiger partial charge in [-0.25, -0.2) is 4.98 Å². The zero-order valence-electron chi connectivity index (χ0n) is 13.9. The van der Waals surface area contributed by atoms with Crippen LogP contribution in [0.5, 0.6) is 0 Å². The Bertz CT molecular complexity index is 579. The predicted octanol–water partition coefficient (Wildman–Crippen LogP) is 1.06. The number of ether oxygens (including phenoxy) is 1. The van der Waals surface area contributed by atoms with Gasteiger partial charge in [0.15, 0.2) is 5.82 Å². The Morgan fingerprint density at radius 3 is 3.04 bits per heavy atom. The molecule has 128 valence electrons. The normalized spacial score (nSPS) is 17.7. The molecule has 2 N–H and O–H groups in total. The first-order valence-corrected chi connectivity index (χ1v) is 8.25. The van der Waals surface area contributed by atoms with Crippen molar-refractivity contribution in [2.45, 2.75) is 52.1 Å². The second-order valence-corrected chi connectivity index (χ2v) is 5.91. The van der Waals surface area contributed by atoms with E-state index in [1.165, 1.54) is 26.2 Å². The SMILES string of the molecule is CC(=O)OCCn1c(C)cnc(NCCC2CCCCN2)c1=O. The number of piperidine rings is 1. The first-order valence-electron chi connectivity index (χ1n) is 8.25. The van der Waals surface area contributed by atoms with Gasteiger partial charge in [0.2, 0.25) is 0 Å². The van der Waals surface area contributed by atoms with Gasteiger partial charge in [-0.2, -0.15) is 0 Å². The van der Waals surface area contributed by atoms with E-state index in [2.05, 4.69) is 15.6 Å². The minimum atomic E-state index is -0.344. The van der Waals surface area contributed by atoms with Crippen molar-refractivity contribution in [2.24, 2.45) is 0 Å². The summed E-state index contributed by atoms with van der Waals surface area (Å²) in [5, 5.41) is 6.62. The lowest BCUT2D eigenvalue weighted by molar-refractivity contribution is -0.141. The van der Waals surface area contributed by atoms with Gasteiger partial charge in [-0.3, -0.25) is 9.59 Å². The maximum Gasteiger partial charge on any atom is 0.302 e. The molecule has 2 rings (SSSR count). The molecule has 0 aliphatic carbocycles. The molecular weight excluding hydrogens is 296 g/mol. The number of carbonyl (C=O) groups excluding carboxylic acids is 1. The molecule has 1 aliphatic rings. The summed E-state index contributed by atoms with van der Waals surface area (Å²) in [5.74, 6) is 0.0114. The Morgan fingerprint density at radius 1 is 1.52 bits per heavy atom.